The van der Waals surface area contributed by atoms with Gasteiger partial charge in [0.2, 0.25) is 11.8 Å². The number of hydrogen-bond acceptors (Lipinski definition) is 6. The van der Waals surface area contributed by atoms with Crippen molar-refractivity contribution in [3.05, 3.63) is 41.2 Å². The van der Waals surface area contributed by atoms with Crippen LogP contribution in [0.25, 0.3) is 0 Å². The highest BCUT2D eigenvalue weighted by atomic mass is 16.5. The van der Waals surface area contributed by atoms with Gasteiger partial charge in [0.1, 0.15) is 11.5 Å². The molecular weight excluding hydrogens is 360 g/mol. The van der Waals surface area contributed by atoms with Gasteiger partial charge in [-0.1, -0.05) is 19.0 Å². The summed E-state index contributed by atoms with van der Waals surface area (Å²) in [5.74, 6) is 2.38. The Morgan fingerprint density at radius 1 is 1.39 bits per heavy atom. The number of nitrogens with one attached hydrogen (secondary N) is 2. The lowest BCUT2D eigenvalue weighted by atomic mass is 10.1. The van der Waals surface area contributed by atoms with E-state index in [1.54, 1.807) is 0 Å². The molecule has 1 fully saturated rings. The van der Waals surface area contributed by atoms with Crippen molar-refractivity contribution in [1.29, 1.82) is 0 Å². The first-order valence-corrected chi connectivity index (χ1v) is 9.69. The zero-order chi connectivity index (χ0) is 20.1. The SMILES string of the molecule is Cc1ccc(CN2CCNC(=O)C2CC(=O)NCc2cc(CC(C)C)no2)o1. The van der Waals surface area contributed by atoms with Crippen LogP contribution in [0.1, 0.15) is 43.2 Å². The fourth-order valence-electron chi connectivity index (χ4n) is 3.33. The summed E-state index contributed by atoms with van der Waals surface area (Å²) in [6.45, 7) is 8.10. The smallest absolute Gasteiger partial charge is 0.237 e. The Morgan fingerprint density at radius 2 is 2.21 bits per heavy atom. The Morgan fingerprint density at radius 3 is 2.93 bits per heavy atom. The Kier molecular flexibility index (Phi) is 6.51. The van der Waals surface area contributed by atoms with Crippen molar-refractivity contribution in [3.8, 4) is 0 Å². The van der Waals surface area contributed by atoms with Crippen LogP contribution in [0, 0.1) is 12.8 Å². The molecule has 3 heterocycles. The second-order valence-electron chi connectivity index (χ2n) is 7.65. The molecule has 2 amide bonds. The molecule has 28 heavy (non-hydrogen) atoms. The van der Waals surface area contributed by atoms with Crippen molar-refractivity contribution in [1.82, 2.24) is 20.7 Å². The number of rotatable bonds is 8. The fourth-order valence-corrected chi connectivity index (χ4v) is 3.33. The molecule has 2 N–H and O–H groups in total. The number of amides is 2. The number of hydrogen-bond donors (Lipinski definition) is 2. The van der Waals surface area contributed by atoms with Gasteiger partial charge in [-0.2, -0.15) is 0 Å². The molecule has 152 valence electrons. The van der Waals surface area contributed by atoms with Gasteiger partial charge in [-0.05, 0) is 31.4 Å². The van der Waals surface area contributed by atoms with E-state index in [0.717, 1.165) is 23.6 Å². The van der Waals surface area contributed by atoms with Crippen LogP contribution in [0.2, 0.25) is 0 Å². The number of aromatic nitrogens is 1. The van der Waals surface area contributed by atoms with Crippen LogP contribution in [0.4, 0.5) is 0 Å². The van der Waals surface area contributed by atoms with Crippen LogP contribution in [-0.2, 0) is 29.1 Å². The van der Waals surface area contributed by atoms with Crippen molar-refractivity contribution in [2.75, 3.05) is 13.1 Å². The minimum absolute atomic E-state index is 0.0819. The topological polar surface area (TPSA) is 101 Å². The molecule has 1 unspecified atom stereocenters. The van der Waals surface area contributed by atoms with Crippen molar-refractivity contribution < 1.29 is 18.5 Å². The van der Waals surface area contributed by atoms with Crippen LogP contribution in [0.3, 0.4) is 0 Å². The molecule has 1 aliphatic heterocycles. The Hall–Kier alpha value is -2.61. The van der Waals surface area contributed by atoms with Gasteiger partial charge in [0.15, 0.2) is 5.76 Å². The fraction of sp³-hybridized carbons (Fsp3) is 0.550. The minimum Gasteiger partial charge on any atom is -0.465 e. The number of carbonyl (C=O) groups is 2. The van der Waals surface area contributed by atoms with Gasteiger partial charge in [0.05, 0.1) is 31.2 Å². The van der Waals surface area contributed by atoms with E-state index in [1.165, 1.54) is 0 Å². The van der Waals surface area contributed by atoms with Gasteiger partial charge in [0.25, 0.3) is 0 Å². The summed E-state index contributed by atoms with van der Waals surface area (Å²) >= 11 is 0. The number of piperazine rings is 1. The highest BCUT2D eigenvalue weighted by molar-refractivity contribution is 5.88. The molecule has 1 atom stereocenters. The third kappa shape index (κ3) is 5.45. The summed E-state index contributed by atoms with van der Waals surface area (Å²) in [6.07, 6.45) is 0.916. The quantitative estimate of drug-likeness (QED) is 0.715. The summed E-state index contributed by atoms with van der Waals surface area (Å²) in [5.41, 5.74) is 0.880. The van der Waals surface area contributed by atoms with Crippen molar-refractivity contribution in [2.24, 2.45) is 5.92 Å². The maximum absolute atomic E-state index is 12.4. The van der Waals surface area contributed by atoms with E-state index in [1.807, 2.05) is 30.0 Å². The molecule has 0 bridgehead atoms. The lowest BCUT2D eigenvalue weighted by Gasteiger charge is -2.34. The average Bonchev–Trinajstić information content (AvgIpc) is 3.24. The molecule has 8 nitrogen and oxygen atoms in total. The van der Waals surface area contributed by atoms with E-state index in [-0.39, 0.29) is 24.8 Å². The number of nitrogens with zero attached hydrogens (tertiary/aromatic N) is 2. The molecule has 0 saturated carbocycles. The zero-order valence-electron chi connectivity index (χ0n) is 16.7. The predicted octanol–water partition coefficient (Wildman–Crippen LogP) is 1.78. The second kappa shape index (κ2) is 9.05. The van der Waals surface area contributed by atoms with Crippen LogP contribution in [0.5, 0.6) is 0 Å². The molecule has 0 radical (unpaired) electrons. The molecule has 8 heteroatoms. The lowest BCUT2D eigenvalue weighted by Crippen LogP contribution is -2.56. The summed E-state index contributed by atoms with van der Waals surface area (Å²) < 4.78 is 10.9. The van der Waals surface area contributed by atoms with E-state index in [0.29, 0.717) is 31.3 Å². The number of furan rings is 1. The van der Waals surface area contributed by atoms with Crippen molar-refractivity contribution in [3.63, 3.8) is 0 Å². The van der Waals surface area contributed by atoms with E-state index in [9.17, 15) is 9.59 Å². The Labute approximate surface area is 164 Å². The minimum atomic E-state index is -0.523. The number of aryl methyl sites for hydroxylation is 1. The maximum atomic E-state index is 12.4. The average molecular weight is 388 g/mol. The first-order chi connectivity index (χ1) is 13.4. The predicted molar refractivity (Wildman–Crippen MR) is 102 cm³/mol. The zero-order valence-corrected chi connectivity index (χ0v) is 16.7. The van der Waals surface area contributed by atoms with Gasteiger partial charge >= 0.3 is 0 Å². The summed E-state index contributed by atoms with van der Waals surface area (Å²) in [4.78, 5) is 26.7. The van der Waals surface area contributed by atoms with Crippen LogP contribution in [0.15, 0.2) is 27.1 Å². The molecule has 0 spiro atoms. The molecule has 0 aliphatic carbocycles. The standard InChI is InChI=1S/C20H28N4O4/c1-13(2)8-15-9-17(28-23-15)11-22-19(25)10-18-20(26)21-6-7-24(18)12-16-5-4-14(3)27-16/h4-5,9,13,18H,6-8,10-12H2,1-3H3,(H,21,26)(H,22,25). The summed E-state index contributed by atoms with van der Waals surface area (Å²) in [6, 6.07) is 5.13. The van der Waals surface area contributed by atoms with Crippen LogP contribution < -0.4 is 10.6 Å². The monoisotopic (exact) mass is 388 g/mol. The normalized spacial score (nSPS) is 17.7. The van der Waals surface area contributed by atoms with Gasteiger partial charge < -0.3 is 19.6 Å². The van der Waals surface area contributed by atoms with Gasteiger partial charge in [-0.15, -0.1) is 0 Å². The van der Waals surface area contributed by atoms with Crippen LogP contribution >= 0.6 is 0 Å². The Balaban J connectivity index is 1.54. The first kappa shape index (κ1) is 20.1. The van der Waals surface area contributed by atoms with E-state index >= 15 is 0 Å². The van der Waals surface area contributed by atoms with Gasteiger partial charge in [-0.3, -0.25) is 14.5 Å². The molecule has 0 aromatic carbocycles. The van der Waals surface area contributed by atoms with E-state index < -0.39 is 6.04 Å². The molecule has 2 aromatic heterocycles. The summed E-state index contributed by atoms with van der Waals surface area (Å²) in [7, 11) is 0. The third-order valence-electron chi connectivity index (χ3n) is 4.66. The maximum Gasteiger partial charge on any atom is 0.237 e. The third-order valence-corrected chi connectivity index (χ3v) is 4.66. The van der Waals surface area contributed by atoms with Crippen LogP contribution in [-0.4, -0.2) is 41.0 Å². The highest BCUT2D eigenvalue weighted by Gasteiger charge is 2.32. The number of carbonyl (C=O) groups excluding carboxylic acids is 2. The van der Waals surface area contributed by atoms with Crippen molar-refractivity contribution in [2.45, 2.75) is 52.7 Å². The van der Waals surface area contributed by atoms with E-state index in [4.69, 9.17) is 8.94 Å². The van der Waals surface area contributed by atoms with Crippen molar-refractivity contribution >= 4 is 11.8 Å². The lowest BCUT2D eigenvalue weighted by molar-refractivity contribution is -0.134. The largest absolute Gasteiger partial charge is 0.465 e. The van der Waals surface area contributed by atoms with Gasteiger partial charge in [-0.25, -0.2) is 0 Å². The molecule has 1 aliphatic rings. The molecule has 3 rings (SSSR count). The highest BCUT2D eigenvalue weighted by Crippen LogP contribution is 2.16. The molecular formula is C20H28N4O4. The molecule has 1 saturated heterocycles. The Bertz CT molecular complexity index is 811. The summed E-state index contributed by atoms with van der Waals surface area (Å²) in [5, 5.41) is 9.67. The molecule has 2 aromatic rings. The first-order valence-electron chi connectivity index (χ1n) is 9.69. The van der Waals surface area contributed by atoms with Gasteiger partial charge in [0, 0.05) is 19.2 Å². The second-order valence-corrected chi connectivity index (χ2v) is 7.65. The van der Waals surface area contributed by atoms with E-state index in [2.05, 4.69) is 29.6 Å².